The molecule has 0 saturated carbocycles. The van der Waals surface area contributed by atoms with Gasteiger partial charge in [-0.05, 0) is 14.1 Å². The Labute approximate surface area is 99.6 Å². The molecule has 1 aromatic rings. The second-order valence-electron chi connectivity index (χ2n) is 3.87. The number of carbonyl (C=O) groups excluding carboxylic acids is 2. The molecule has 1 radical (unpaired) electrons. The summed E-state index contributed by atoms with van der Waals surface area (Å²) in [4.78, 5) is 24.5. The van der Waals surface area contributed by atoms with Crippen LogP contribution in [0.2, 0.25) is 0 Å². The summed E-state index contributed by atoms with van der Waals surface area (Å²) in [6.45, 7) is 1.24. The molecule has 17 heavy (non-hydrogen) atoms. The largest absolute Gasteiger partial charge is 0.364 e. The zero-order valence-corrected chi connectivity index (χ0v) is 10.1. The maximum Gasteiger partial charge on any atom is 0.270 e. The van der Waals surface area contributed by atoms with Crippen molar-refractivity contribution in [3.63, 3.8) is 0 Å². The third-order valence-corrected chi connectivity index (χ3v) is 2.10. The van der Waals surface area contributed by atoms with E-state index in [4.69, 9.17) is 5.73 Å². The number of likely N-dealkylation sites (N-methyl/N-ethyl adjacent to an activating group) is 1. The highest BCUT2D eigenvalue weighted by molar-refractivity contribution is 5.96. The fourth-order valence-corrected chi connectivity index (χ4v) is 1.21. The summed E-state index contributed by atoms with van der Waals surface area (Å²) in [6, 6.07) is 2.57. The minimum absolute atomic E-state index is 0.0368. The van der Waals surface area contributed by atoms with Crippen LogP contribution in [0.15, 0.2) is 0 Å². The maximum atomic E-state index is 11.7. The summed E-state index contributed by atoms with van der Waals surface area (Å²) < 4.78 is 1.28. The number of aryl methyl sites for hydroxylation is 1. The van der Waals surface area contributed by atoms with Gasteiger partial charge >= 0.3 is 0 Å². The number of nitrogens with one attached hydrogen (secondary N) is 1. The molecule has 1 rings (SSSR count). The van der Waals surface area contributed by atoms with Crippen LogP contribution >= 0.6 is 0 Å². The lowest BCUT2D eigenvalue weighted by Gasteiger charge is -2.10. The van der Waals surface area contributed by atoms with Crippen LogP contribution in [-0.4, -0.2) is 53.7 Å². The molecular formula is C10H16N5O2. The van der Waals surface area contributed by atoms with Crippen molar-refractivity contribution in [1.29, 1.82) is 0 Å². The molecule has 1 heterocycles. The number of nitrogens with zero attached hydrogens (tertiary/aromatic N) is 3. The number of hydrogen-bond acceptors (Lipinski definition) is 4. The van der Waals surface area contributed by atoms with E-state index in [1.165, 1.54) is 4.68 Å². The first kappa shape index (κ1) is 13.2. The zero-order valence-electron chi connectivity index (χ0n) is 10.1. The molecule has 0 aliphatic rings. The highest BCUT2D eigenvalue weighted by Gasteiger charge is 2.15. The standard InChI is InChI=1S/C10H16N5O2/c1-14(2)5-4-12-10(17)8-6-7(9(11)16)13-15(8)3/h4-5H2,1-3H3,(H2,11,16)(H,12,17). The molecule has 93 valence electrons. The Bertz CT molecular complexity index is 424. The molecule has 0 unspecified atom stereocenters. The predicted octanol–water partition coefficient (Wildman–Crippen LogP) is -1.39. The Morgan fingerprint density at radius 1 is 1.53 bits per heavy atom. The molecule has 0 aliphatic carbocycles. The van der Waals surface area contributed by atoms with Crippen LogP contribution in [0.5, 0.6) is 0 Å². The number of amides is 2. The molecule has 0 spiro atoms. The second kappa shape index (κ2) is 5.44. The Kier molecular flexibility index (Phi) is 4.22. The van der Waals surface area contributed by atoms with Crippen LogP contribution in [0.1, 0.15) is 21.0 Å². The van der Waals surface area contributed by atoms with Gasteiger partial charge in [0.15, 0.2) is 5.69 Å². The number of aromatic nitrogens is 2. The first-order valence-corrected chi connectivity index (χ1v) is 5.11. The van der Waals surface area contributed by atoms with E-state index in [9.17, 15) is 9.59 Å². The summed E-state index contributed by atoms with van der Waals surface area (Å²) in [6.07, 6.45) is 0. The van der Waals surface area contributed by atoms with E-state index >= 15 is 0 Å². The Morgan fingerprint density at radius 3 is 2.65 bits per heavy atom. The lowest BCUT2D eigenvalue weighted by atomic mass is 10.3. The van der Waals surface area contributed by atoms with Gasteiger partial charge in [0.1, 0.15) is 5.69 Å². The average Bonchev–Trinajstić information content (AvgIpc) is 2.59. The average molecular weight is 238 g/mol. The summed E-state index contributed by atoms with van der Waals surface area (Å²) in [7, 11) is 5.38. The van der Waals surface area contributed by atoms with Crippen molar-refractivity contribution in [2.75, 3.05) is 27.2 Å². The van der Waals surface area contributed by atoms with E-state index in [2.05, 4.69) is 16.5 Å². The van der Waals surface area contributed by atoms with Crippen LogP contribution < -0.4 is 11.1 Å². The minimum Gasteiger partial charge on any atom is -0.364 e. The van der Waals surface area contributed by atoms with Gasteiger partial charge in [0.25, 0.3) is 11.8 Å². The van der Waals surface area contributed by atoms with Crippen molar-refractivity contribution in [2.45, 2.75) is 0 Å². The van der Waals surface area contributed by atoms with Gasteiger partial charge in [-0.2, -0.15) is 5.10 Å². The fourth-order valence-electron chi connectivity index (χ4n) is 1.21. The quantitative estimate of drug-likeness (QED) is 0.660. The second-order valence-corrected chi connectivity index (χ2v) is 3.87. The van der Waals surface area contributed by atoms with E-state index in [1.54, 1.807) is 7.05 Å². The summed E-state index contributed by atoms with van der Waals surface area (Å²) in [5, 5.41) is 6.49. The van der Waals surface area contributed by atoms with Gasteiger partial charge in [-0.15, -0.1) is 0 Å². The molecule has 7 heteroatoms. The van der Waals surface area contributed by atoms with Crippen molar-refractivity contribution in [2.24, 2.45) is 12.8 Å². The van der Waals surface area contributed by atoms with Crippen molar-refractivity contribution in [1.82, 2.24) is 20.0 Å². The lowest BCUT2D eigenvalue weighted by Crippen LogP contribution is -2.32. The van der Waals surface area contributed by atoms with Crippen LogP contribution in [0, 0.1) is 6.07 Å². The molecule has 0 aliphatic heterocycles. The molecular weight excluding hydrogens is 222 g/mol. The van der Waals surface area contributed by atoms with E-state index in [0.29, 0.717) is 6.54 Å². The van der Waals surface area contributed by atoms with E-state index in [1.807, 2.05) is 19.0 Å². The van der Waals surface area contributed by atoms with Gasteiger partial charge in [0, 0.05) is 20.1 Å². The number of primary amides is 1. The Morgan fingerprint density at radius 2 is 2.18 bits per heavy atom. The number of rotatable bonds is 5. The Hall–Kier alpha value is -1.89. The molecule has 0 aromatic carbocycles. The monoisotopic (exact) mass is 238 g/mol. The topological polar surface area (TPSA) is 93.2 Å². The van der Waals surface area contributed by atoms with E-state index < -0.39 is 5.91 Å². The first-order valence-electron chi connectivity index (χ1n) is 5.11. The van der Waals surface area contributed by atoms with Gasteiger partial charge in [-0.25, -0.2) is 0 Å². The molecule has 2 amide bonds. The molecule has 3 N–H and O–H groups in total. The van der Waals surface area contributed by atoms with Gasteiger partial charge in [0.05, 0.1) is 6.07 Å². The molecule has 0 saturated heterocycles. The molecule has 1 aromatic heterocycles. The highest BCUT2D eigenvalue weighted by Crippen LogP contribution is 2.00. The van der Waals surface area contributed by atoms with Crippen molar-refractivity contribution >= 4 is 11.8 Å². The van der Waals surface area contributed by atoms with Crippen molar-refractivity contribution in [3.05, 3.63) is 17.5 Å². The fraction of sp³-hybridized carbons (Fsp3) is 0.500. The van der Waals surface area contributed by atoms with E-state index in [0.717, 1.165) is 6.54 Å². The third kappa shape index (κ3) is 3.56. The first-order chi connectivity index (χ1) is 7.91. The molecule has 0 atom stereocenters. The highest BCUT2D eigenvalue weighted by atomic mass is 16.2. The number of hydrogen-bond donors (Lipinski definition) is 2. The zero-order chi connectivity index (χ0) is 13.0. The van der Waals surface area contributed by atoms with Crippen LogP contribution in [0.3, 0.4) is 0 Å². The lowest BCUT2D eigenvalue weighted by molar-refractivity contribution is 0.0940. The minimum atomic E-state index is -0.701. The molecule has 0 bridgehead atoms. The van der Waals surface area contributed by atoms with Crippen LogP contribution in [0.25, 0.3) is 0 Å². The smallest absolute Gasteiger partial charge is 0.270 e. The summed E-state index contributed by atoms with van der Waals surface area (Å²) in [5.74, 6) is -1.03. The van der Waals surface area contributed by atoms with Gasteiger partial charge in [0.2, 0.25) is 0 Å². The van der Waals surface area contributed by atoms with Gasteiger partial charge in [-0.1, -0.05) is 0 Å². The normalized spacial score (nSPS) is 10.6. The van der Waals surface area contributed by atoms with Crippen molar-refractivity contribution in [3.8, 4) is 0 Å². The summed E-state index contributed by atoms with van der Waals surface area (Å²) >= 11 is 0. The van der Waals surface area contributed by atoms with Crippen molar-refractivity contribution < 1.29 is 9.59 Å². The molecule has 0 fully saturated rings. The number of carbonyl (C=O) groups is 2. The predicted molar refractivity (Wildman–Crippen MR) is 61.4 cm³/mol. The molecule has 7 nitrogen and oxygen atoms in total. The van der Waals surface area contributed by atoms with Gasteiger partial charge < -0.3 is 16.0 Å². The van der Waals surface area contributed by atoms with E-state index in [-0.39, 0.29) is 17.3 Å². The van der Waals surface area contributed by atoms with Crippen LogP contribution in [-0.2, 0) is 7.05 Å². The van der Waals surface area contributed by atoms with Gasteiger partial charge in [-0.3, -0.25) is 14.3 Å². The SMILES string of the molecule is CN(C)CCNC(=O)c1[c]c(C(N)=O)nn1C. The van der Waals surface area contributed by atoms with Crippen LogP contribution in [0.4, 0.5) is 0 Å². The summed E-state index contributed by atoms with van der Waals surface area (Å²) in [5.41, 5.74) is 5.21. The Balaban J connectivity index is 2.66. The maximum absolute atomic E-state index is 11.7. The third-order valence-electron chi connectivity index (χ3n) is 2.10. The number of nitrogens with two attached hydrogens (primary N) is 1.